The number of carbonyl (C=O) groups excluding carboxylic acids is 1. The molecule has 1 aromatic carbocycles. The minimum atomic E-state index is -0.736. The minimum absolute atomic E-state index is 0.0417. The second kappa shape index (κ2) is 9.20. The first-order chi connectivity index (χ1) is 12.9. The van der Waals surface area contributed by atoms with Crippen molar-refractivity contribution in [3.8, 4) is 0 Å². The third-order valence-electron chi connectivity index (χ3n) is 3.18. The first kappa shape index (κ1) is 19.7. The number of aromatic nitrogens is 2. The average molecular weight is 391 g/mol. The molecule has 2 rings (SSSR count). The van der Waals surface area contributed by atoms with Crippen molar-refractivity contribution >= 4 is 41.1 Å². The zero-order chi connectivity index (χ0) is 19.8. The van der Waals surface area contributed by atoms with E-state index in [4.69, 9.17) is 34.5 Å². The molecule has 0 bridgehead atoms. The highest BCUT2D eigenvalue weighted by molar-refractivity contribution is 6.31. The summed E-state index contributed by atoms with van der Waals surface area (Å²) in [5.41, 5.74) is 27.8. The maximum absolute atomic E-state index is 12.0. The number of hydrogen-bond acceptors (Lipinski definition) is 6. The fourth-order valence-electron chi connectivity index (χ4n) is 1.92. The number of nitrogens with one attached hydrogen (secondary N) is 2. The quantitative estimate of drug-likeness (QED) is 0.226. The molecule has 0 spiro atoms. The summed E-state index contributed by atoms with van der Waals surface area (Å²) in [6, 6.07) is 9.79. The second-order valence-electron chi connectivity index (χ2n) is 5.19. The second-order valence-corrected chi connectivity index (χ2v) is 5.54. The highest BCUT2D eigenvalue weighted by Gasteiger charge is 2.15. The molecule has 11 nitrogen and oxygen atoms in total. The molecular weight excluding hydrogens is 372 g/mol. The molecule has 142 valence electrons. The number of amides is 1. The first-order valence-corrected chi connectivity index (χ1v) is 8.07. The Morgan fingerprint density at radius 3 is 2.48 bits per heavy atom. The fraction of sp³-hybridized carbons (Fsp3) is 0.133. The van der Waals surface area contributed by atoms with Gasteiger partial charge in [-0.2, -0.15) is 4.99 Å². The summed E-state index contributed by atoms with van der Waals surface area (Å²) in [4.78, 5) is 27.4. The zero-order valence-corrected chi connectivity index (χ0v) is 14.9. The van der Waals surface area contributed by atoms with Crippen LogP contribution in [0.3, 0.4) is 0 Å². The molecule has 0 radical (unpaired) electrons. The third-order valence-corrected chi connectivity index (χ3v) is 3.45. The number of benzene rings is 1. The van der Waals surface area contributed by atoms with Gasteiger partial charge < -0.3 is 22.9 Å². The lowest BCUT2D eigenvalue weighted by Crippen LogP contribution is -2.46. The summed E-state index contributed by atoms with van der Waals surface area (Å²) >= 11 is 5.72. The summed E-state index contributed by atoms with van der Waals surface area (Å²) in [5.74, 6) is -1.23. The van der Waals surface area contributed by atoms with Gasteiger partial charge in [0.2, 0.25) is 11.9 Å². The van der Waals surface area contributed by atoms with Crippen LogP contribution in [0.25, 0.3) is 0 Å². The average Bonchev–Trinajstić information content (AvgIpc) is 2.63. The highest BCUT2D eigenvalue weighted by Crippen LogP contribution is 2.16. The molecule has 12 heteroatoms. The van der Waals surface area contributed by atoms with Crippen LogP contribution < -0.4 is 33.8 Å². The van der Waals surface area contributed by atoms with Gasteiger partial charge in [0.15, 0.2) is 22.5 Å². The van der Waals surface area contributed by atoms with E-state index >= 15 is 0 Å². The normalized spacial score (nSPS) is 11.9. The summed E-state index contributed by atoms with van der Waals surface area (Å²) < 4.78 is 0. The maximum Gasteiger partial charge on any atom is 0.292 e. The van der Waals surface area contributed by atoms with Crippen LogP contribution in [0.5, 0.6) is 0 Å². The van der Waals surface area contributed by atoms with E-state index in [0.717, 1.165) is 5.56 Å². The molecule has 0 aliphatic carbocycles. The molecule has 2 aromatic rings. The van der Waals surface area contributed by atoms with E-state index in [-0.39, 0.29) is 34.4 Å². The van der Waals surface area contributed by atoms with Crippen LogP contribution in [0.1, 0.15) is 16.1 Å². The predicted octanol–water partition coefficient (Wildman–Crippen LogP) is -0.599. The molecule has 1 heterocycles. The van der Waals surface area contributed by atoms with Gasteiger partial charge in [-0.05, 0) is 12.0 Å². The Bertz CT molecular complexity index is 868. The van der Waals surface area contributed by atoms with Crippen LogP contribution >= 0.6 is 11.6 Å². The lowest BCUT2D eigenvalue weighted by Gasteiger charge is -2.09. The Morgan fingerprint density at radius 2 is 1.78 bits per heavy atom. The van der Waals surface area contributed by atoms with Gasteiger partial charge in [-0.25, -0.2) is 9.97 Å². The number of halogens is 1. The van der Waals surface area contributed by atoms with Gasteiger partial charge in [0.05, 0.1) is 0 Å². The van der Waals surface area contributed by atoms with Crippen molar-refractivity contribution < 1.29 is 4.79 Å². The van der Waals surface area contributed by atoms with Crippen LogP contribution in [-0.4, -0.2) is 34.3 Å². The largest absolute Gasteiger partial charge is 0.382 e. The van der Waals surface area contributed by atoms with E-state index in [1.165, 1.54) is 0 Å². The number of nitrogens with two attached hydrogens (primary N) is 4. The maximum atomic E-state index is 12.0. The predicted molar refractivity (Wildman–Crippen MR) is 105 cm³/mol. The lowest BCUT2D eigenvalue weighted by atomic mass is 10.2. The van der Waals surface area contributed by atoms with Crippen LogP contribution in [0.2, 0.25) is 5.15 Å². The van der Waals surface area contributed by atoms with Crippen molar-refractivity contribution in [2.24, 2.45) is 21.5 Å². The van der Waals surface area contributed by atoms with E-state index in [0.29, 0.717) is 13.0 Å². The Morgan fingerprint density at radius 1 is 1.07 bits per heavy atom. The molecular formula is C15H19ClN10O. The number of hydrazine groups is 1. The topological polar surface area (TPSA) is 196 Å². The summed E-state index contributed by atoms with van der Waals surface area (Å²) in [6.07, 6.45) is 0.705. The standard InChI is InChI=1S/C15H19ClN10O/c16-10-12(18)23-11(17)9(22-10)13(27)25-26-15(20)24-14(19)21-7-6-8-4-2-1-3-5-8/h1-5H,6-7H2,(H,25,27)(H4,17,18,23)(H5,19,20,21,24,26). The van der Waals surface area contributed by atoms with E-state index in [1.54, 1.807) is 0 Å². The Hall–Kier alpha value is -3.60. The van der Waals surface area contributed by atoms with Gasteiger partial charge >= 0.3 is 0 Å². The van der Waals surface area contributed by atoms with Crippen molar-refractivity contribution in [3.05, 3.63) is 46.7 Å². The van der Waals surface area contributed by atoms with Gasteiger partial charge in [0.25, 0.3) is 5.91 Å². The van der Waals surface area contributed by atoms with Crippen LogP contribution in [-0.2, 0) is 6.42 Å². The smallest absolute Gasteiger partial charge is 0.292 e. The van der Waals surface area contributed by atoms with Crippen LogP contribution in [0.4, 0.5) is 11.6 Å². The van der Waals surface area contributed by atoms with Crippen LogP contribution in [0, 0.1) is 0 Å². The van der Waals surface area contributed by atoms with E-state index in [2.05, 4.69) is 30.8 Å². The Kier molecular flexibility index (Phi) is 6.72. The fourth-order valence-corrected chi connectivity index (χ4v) is 2.05. The number of aliphatic imine (C=N–C) groups is 2. The number of guanidine groups is 2. The summed E-state index contributed by atoms with van der Waals surface area (Å²) in [6.45, 7) is 0.440. The van der Waals surface area contributed by atoms with Crippen molar-refractivity contribution in [3.63, 3.8) is 0 Å². The Labute approximate surface area is 159 Å². The van der Waals surface area contributed by atoms with Gasteiger partial charge in [-0.15, -0.1) is 0 Å². The monoisotopic (exact) mass is 390 g/mol. The SMILES string of the molecule is NC(=NCCc1ccccc1)/N=C(\N)NNC(=O)c1nc(Cl)c(N)nc1N. The van der Waals surface area contributed by atoms with Crippen molar-refractivity contribution in [2.75, 3.05) is 18.0 Å². The number of rotatable bonds is 4. The molecule has 0 fully saturated rings. The lowest BCUT2D eigenvalue weighted by molar-refractivity contribution is 0.0939. The number of carbonyl (C=O) groups is 1. The van der Waals surface area contributed by atoms with Gasteiger partial charge in [0, 0.05) is 6.54 Å². The van der Waals surface area contributed by atoms with E-state index in [1.807, 2.05) is 30.3 Å². The molecule has 0 aliphatic rings. The Balaban J connectivity index is 1.88. The molecule has 0 aliphatic heterocycles. The third kappa shape index (κ3) is 6.01. The molecule has 0 saturated carbocycles. The van der Waals surface area contributed by atoms with Gasteiger partial charge in [-0.1, -0.05) is 41.9 Å². The zero-order valence-electron chi connectivity index (χ0n) is 14.2. The summed E-state index contributed by atoms with van der Waals surface area (Å²) in [5, 5.41) is -0.147. The van der Waals surface area contributed by atoms with Crippen molar-refractivity contribution in [1.29, 1.82) is 0 Å². The molecule has 10 N–H and O–H groups in total. The van der Waals surface area contributed by atoms with Crippen LogP contribution in [0.15, 0.2) is 40.3 Å². The molecule has 1 amide bonds. The highest BCUT2D eigenvalue weighted by atomic mass is 35.5. The molecule has 0 saturated heterocycles. The number of nitrogen functional groups attached to an aromatic ring is 2. The van der Waals surface area contributed by atoms with Gasteiger partial charge in [0.1, 0.15) is 0 Å². The molecule has 1 aromatic heterocycles. The molecule has 0 unspecified atom stereocenters. The minimum Gasteiger partial charge on any atom is -0.382 e. The first-order valence-electron chi connectivity index (χ1n) is 7.69. The van der Waals surface area contributed by atoms with E-state index in [9.17, 15) is 4.79 Å². The number of hydrogen-bond donors (Lipinski definition) is 6. The number of anilines is 2. The summed E-state index contributed by atoms with van der Waals surface area (Å²) in [7, 11) is 0. The van der Waals surface area contributed by atoms with Gasteiger partial charge in [-0.3, -0.25) is 20.6 Å². The van der Waals surface area contributed by atoms with Crippen molar-refractivity contribution in [1.82, 2.24) is 20.8 Å². The molecule has 27 heavy (non-hydrogen) atoms. The van der Waals surface area contributed by atoms with Crippen molar-refractivity contribution in [2.45, 2.75) is 6.42 Å². The molecule has 0 atom stereocenters. The number of nitrogens with zero attached hydrogens (tertiary/aromatic N) is 4. The van der Waals surface area contributed by atoms with E-state index < -0.39 is 5.91 Å².